The van der Waals surface area contributed by atoms with Gasteiger partial charge in [-0.15, -0.1) is 0 Å². The molecule has 1 spiro atoms. The Hall–Kier alpha value is -2.45. The molecule has 2 heterocycles. The molecule has 3 rings (SSSR count). The minimum Gasteiger partial charge on any atom is -0.368 e. The minimum atomic E-state index is -0.766. The summed E-state index contributed by atoms with van der Waals surface area (Å²) in [6, 6.07) is -0.413. The fourth-order valence-electron chi connectivity index (χ4n) is 3.16. The second-order valence-electron chi connectivity index (χ2n) is 5.79. The van der Waals surface area contributed by atoms with Crippen LogP contribution in [0.5, 0.6) is 0 Å². The zero-order valence-corrected chi connectivity index (χ0v) is 12.2. The molecule has 2 fully saturated rings. The van der Waals surface area contributed by atoms with E-state index in [1.165, 1.54) is 0 Å². The molecule has 22 heavy (non-hydrogen) atoms. The highest BCUT2D eigenvalue weighted by Crippen LogP contribution is 2.33. The van der Waals surface area contributed by atoms with E-state index in [4.69, 9.17) is 11.5 Å². The maximum atomic E-state index is 12.7. The van der Waals surface area contributed by atoms with Crippen LogP contribution in [0.15, 0.2) is 0 Å². The average Bonchev–Trinajstić information content (AvgIpc) is 2.63. The Kier molecular flexibility index (Phi) is 3.55. The summed E-state index contributed by atoms with van der Waals surface area (Å²) < 4.78 is 0. The number of rotatable bonds is 2. The van der Waals surface area contributed by atoms with Crippen LogP contribution in [-0.4, -0.2) is 37.3 Å². The fraction of sp³-hybridized carbons (Fsp3) is 0.615. The molecule has 3 amide bonds. The van der Waals surface area contributed by atoms with Crippen molar-refractivity contribution in [3.05, 3.63) is 5.82 Å². The zero-order valence-electron chi connectivity index (χ0n) is 12.2. The van der Waals surface area contributed by atoms with Crippen molar-refractivity contribution in [2.24, 2.45) is 0 Å². The number of aromatic nitrogens is 3. The van der Waals surface area contributed by atoms with E-state index in [2.05, 4.69) is 20.3 Å². The first-order valence-electron chi connectivity index (χ1n) is 7.40. The van der Waals surface area contributed by atoms with Crippen LogP contribution >= 0.6 is 0 Å². The smallest absolute Gasteiger partial charge is 0.325 e. The number of imide groups is 1. The fourth-order valence-corrected chi connectivity index (χ4v) is 3.16. The molecule has 9 heteroatoms. The molecule has 9 nitrogen and oxygen atoms in total. The van der Waals surface area contributed by atoms with Gasteiger partial charge in [0.2, 0.25) is 11.9 Å². The van der Waals surface area contributed by atoms with Crippen LogP contribution in [0.2, 0.25) is 0 Å². The van der Waals surface area contributed by atoms with Crippen molar-refractivity contribution in [3.63, 3.8) is 0 Å². The summed E-state index contributed by atoms with van der Waals surface area (Å²) in [6.07, 6.45) is 5.40. The van der Waals surface area contributed by atoms with Crippen molar-refractivity contribution in [2.75, 3.05) is 11.5 Å². The topological polar surface area (TPSA) is 140 Å². The van der Waals surface area contributed by atoms with E-state index < -0.39 is 11.6 Å². The van der Waals surface area contributed by atoms with Crippen molar-refractivity contribution in [1.29, 1.82) is 0 Å². The van der Waals surface area contributed by atoms with Gasteiger partial charge >= 0.3 is 6.03 Å². The second-order valence-corrected chi connectivity index (χ2v) is 5.79. The monoisotopic (exact) mass is 305 g/mol. The average molecular weight is 305 g/mol. The number of hydrogen-bond donors (Lipinski definition) is 3. The van der Waals surface area contributed by atoms with E-state index in [-0.39, 0.29) is 30.2 Å². The predicted molar refractivity (Wildman–Crippen MR) is 78.2 cm³/mol. The minimum absolute atomic E-state index is 0.0290. The summed E-state index contributed by atoms with van der Waals surface area (Å²) in [5.41, 5.74) is 10.3. The number of nitrogens with zero attached hydrogens (tertiary/aromatic N) is 4. The number of hydrogen-bond acceptors (Lipinski definition) is 7. The number of carbonyl (C=O) groups is 2. The molecular weight excluding hydrogens is 286 g/mol. The van der Waals surface area contributed by atoms with E-state index >= 15 is 0 Å². The molecule has 2 aliphatic rings. The third kappa shape index (κ3) is 2.53. The molecule has 5 N–H and O–H groups in total. The Morgan fingerprint density at radius 2 is 1.59 bits per heavy atom. The maximum Gasteiger partial charge on any atom is 0.325 e. The van der Waals surface area contributed by atoms with Gasteiger partial charge in [0.25, 0.3) is 5.91 Å². The predicted octanol–water partition coefficient (Wildman–Crippen LogP) is 0.181. The normalized spacial score (nSPS) is 21.0. The van der Waals surface area contributed by atoms with Crippen molar-refractivity contribution in [2.45, 2.75) is 50.6 Å². The molecule has 1 aliphatic heterocycles. The quantitative estimate of drug-likeness (QED) is 0.662. The van der Waals surface area contributed by atoms with Crippen LogP contribution in [0, 0.1) is 0 Å². The van der Waals surface area contributed by atoms with Gasteiger partial charge in [0, 0.05) is 0 Å². The van der Waals surface area contributed by atoms with Gasteiger partial charge in [-0.2, -0.15) is 15.0 Å². The Morgan fingerprint density at radius 1 is 1.00 bits per heavy atom. The Balaban J connectivity index is 1.82. The van der Waals surface area contributed by atoms with Crippen molar-refractivity contribution in [1.82, 2.24) is 25.2 Å². The number of nitrogen functional groups attached to an aromatic ring is 2. The molecule has 1 aromatic heterocycles. The largest absolute Gasteiger partial charge is 0.368 e. The second kappa shape index (κ2) is 5.39. The molecule has 0 radical (unpaired) electrons. The summed E-state index contributed by atoms with van der Waals surface area (Å²) in [5, 5.41) is 2.86. The molecule has 0 unspecified atom stereocenters. The Morgan fingerprint density at radius 3 is 2.18 bits per heavy atom. The lowest BCUT2D eigenvalue weighted by atomic mass is 9.90. The number of amides is 3. The first-order valence-corrected chi connectivity index (χ1v) is 7.40. The van der Waals surface area contributed by atoms with Crippen LogP contribution in [-0.2, 0) is 11.3 Å². The maximum absolute atomic E-state index is 12.7. The number of anilines is 2. The number of nitrogens with two attached hydrogens (primary N) is 2. The van der Waals surface area contributed by atoms with Gasteiger partial charge in [0.1, 0.15) is 5.54 Å². The van der Waals surface area contributed by atoms with Gasteiger partial charge in [-0.25, -0.2) is 4.79 Å². The lowest BCUT2D eigenvalue weighted by Gasteiger charge is -2.24. The third-order valence-electron chi connectivity index (χ3n) is 4.22. The highest BCUT2D eigenvalue weighted by molar-refractivity contribution is 6.06. The molecule has 118 valence electrons. The SMILES string of the molecule is Nc1nc(N)nc(CN2C(=O)NC3(CCCCCC3)C2=O)n1. The summed E-state index contributed by atoms with van der Waals surface area (Å²) >= 11 is 0. The first-order chi connectivity index (χ1) is 10.5. The molecule has 1 saturated heterocycles. The van der Waals surface area contributed by atoms with Gasteiger partial charge in [-0.3, -0.25) is 9.69 Å². The Labute approximate surface area is 127 Å². The molecule has 0 aromatic carbocycles. The van der Waals surface area contributed by atoms with E-state index in [9.17, 15) is 9.59 Å². The lowest BCUT2D eigenvalue weighted by molar-refractivity contribution is -0.132. The molecule has 1 aliphatic carbocycles. The summed E-state index contributed by atoms with van der Waals surface area (Å²) in [7, 11) is 0. The summed E-state index contributed by atoms with van der Waals surface area (Å²) in [5.74, 6) is -0.0615. The van der Waals surface area contributed by atoms with Gasteiger partial charge in [0.15, 0.2) is 5.82 Å². The van der Waals surface area contributed by atoms with Crippen LogP contribution in [0.25, 0.3) is 0 Å². The molecule has 1 saturated carbocycles. The van der Waals surface area contributed by atoms with Crippen molar-refractivity contribution in [3.8, 4) is 0 Å². The summed E-state index contributed by atoms with van der Waals surface area (Å²) in [6.45, 7) is -0.0522. The Bertz CT molecular complexity index is 590. The highest BCUT2D eigenvalue weighted by atomic mass is 16.2. The molecular formula is C13H19N7O2. The van der Waals surface area contributed by atoms with Gasteiger partial charge in [-0.05, 0) is 12.8 Å². The number of carbonyl (C=O) groups excluding carboxylic acids is 2. The third-order valence-corrected chi connectivity index (χ3v) is 4.22. The molecule has 0 bridgehead atoms. The standard InChI is InChI=1S/C13H19N7O2/c14-10-16-8(17-11(15)18-10)7-20-9(21)13(19-12(20)22)5-3-1-2-4-6-13/h1-7H2,(H,19,22)(H4,14,15,16,17,18). The van der Waals surface area contributed by atoms with E-state index in [1.54, 1.807) is 0 Å². The van der Waals surface area contributed by atoms with Crippen LogP contribution < -0.4 is 16.8 Å². The first kappa shape index (κ1) is 14.5. The van der Waals surface area contributed by atoms with Crippen molar-refractivity contribution >= 4 is 23.8 Å². The van der Waals surface area contributed by atoms with E-state index in [1.807, 2.05) is 0 Å². The highest BCUT2D eigenvalue weighted by Gasteiger charge is 2.50. The van der Waals surface area contributed by atoms with E-state index in [0.717, 1.165) is 30.6 Å². The van der Waals surface area contributed by atoms with Crippen LogP contribution in [0.4, 0.5) is 16.7 Å². The zero-order chi connectivity index (χ0) is 15.7. The summed E-state index contributed by atoms with van der Waals surface area (Å²) in [4.78, 5) is 37.6. The van der Waals surface area contributed by atoms with Gasteiger partial charge in [0.05, 0.1) is 6.54 Å². The van der Waals surface area contributed by atoms with E-state index in [0.29, 0.717) is 12.8 Å². The number of nitrogens with one attached hydrogen (secondary N) is 1. The molecule has 0 atom stereocenters. The van der Waals surface area contributed by atoms with Crippen LogP contribution in [0.3, 0.4) is 0 Å². The van der Waals surface area contributed by atoms with Gasteiger partial charge < -0.3 is 16.8 Å². The van der Waals surface area contributed by atoms with Crippen molar-refractivity contribution < 1.29 is 9.59 Å². The number of urea groups is 1. The van der Waals surface area contributed by atoms with Gasteiger partial charge in [-0.1, -0.05) is 25.7 Å². The molecule has 1 aromatic rings. The lowest BCUT2D eigenvalue weighted by Crippen LogP contribution is -2.46. The van der Waals surface area contributed by atoms with Crippen LogP contribution in [0.1, 0.15) is 44.3 Å².